The zero-order valence-corrected chi connectivity index (χ0v) is 13.5. The first-order valence-corrected chi connectivity index (χ1v) is 7.92. The smallest absolute Gasteiger partial charge is 0.167 e. The molecule has 2 heteroatoms. The van der Waals surface area contributed by atoms with Gasteiger partial charge < -0.3 is 0 Å². The van der Waals surface area contributed by atoms with Gasteiger partial charge in [0.25, 0.3) is 0 Å². The zero-order chi connectivity index (χ0) is 16.9. The van der Waals surface area contributed by atoms with Crippen molar-refractivity contribution in [1.82, 2.24) is 0 Å². The third-order valence-corrected chi connectivity index (χ3v) is 4.04. The van der Waals surface area contributed by atoms with Crippen molar-refractivity contribution < 1.29 is 9.59 Å². The summed E-state index contributed by atoms with van der Waals surface area (Å²) in [6, 6.07) is 24.8. The highest BCUT2D eigenvalue weighted by Crippen LogP contribution is 2.24. The Hall–Kier alpha value is -3.00. The monoisotopic (exact) mass is 314 g/mol. The van der Waals surface area contributed by atoms with Gasteiger partial charge in [-0.05, 0) is 23.6 Å². The maximum Gasteiger partial charge on any atom is 0.167 e. The summed E-state index contributed by atoms with van der Waals surface area (Å²) in [5, 5.41) is 0. The van der Waals surface area contributed by atoms with Gasteiger partial charge in [-0.3, -0.25) is 9.59 Å². The molecule has 3 aromatic carbocycles. The Balaban J connectivity index is 1.87. The van der Waals surface area contributed by atoms with E-state index in [2.05, 4.69) is 0 Å². The number of hydrogen-bond acceptors (Lipinski definition) is 2. The largest absolute Gasteiger partial charge is 0.295 e. The fourth-order valence-electron chi connectivity index (χ4n) is 2.73. The molecule has 0 saturated heterocycles. The highest BCUT2D eigenvalue weighted by molar-refractivity contribution is 6.03. The molecule has 3 rings (SSSR count). The molecule has 0 N–H and O–H groups in total. The van der Waals surface area contributed by atoms with Gasteiger partial charge in [0.05, 0.1) is 0 Å². The molecule has 24 heavy (non-hydrogen) atoms. The quantitative estimate of drug-likeness (QED) is 0.622. The van der Waals surface area contributed by atoms with Crippen LogP contribution in [0.5, 0.6) is 0 Å². The molecule has 0 radical (unpaired) electrons. The first kappa shape index (κ1) is 15.9. The number of ketones is 2. The van der Waals surface area contributed by atoms with Gasteiger partial charge in [0.2, 0.25) is 0 Å². The lowest BCUT2D eigenvalue weighted by atomic mass is 9.94. The minimum absolute atomic E-state index is 0.0299. The van der Waals surface area contributed by atoms with Crippen molar-refractivity contribution in [2.75, 3.05) is 0 Å². The molecule has 0 heterocycles. The van der Waals surface area contributed by atoms with E-state index in [1.54, 1.807) is 12.1 Å². The van der Waals surface area contributed by atoms with Gasteiger partial charge in [-0.2, -0.15) is 0 Å². The molecule has 0 saturated carbocycles. The lowest BCUT2D eigenvalue weighted by Gasteiger charge is -2.09. The maximum absolute atomic E-state index is 12.8. The van der Waals surface area contributed by atoms with Crippen LogP contribution in [0.3, 0.4) is 0 Å². The van der Waals surface area contributed by atoms with Crippen molar-refractivity contribution in [1.29, 1.82) is 0 Å². The normalized spacial score (nSPS) is 10.4. The minimum Gasteiger partial charge on any atom is -0.295 e. The molecule has 2 nitrogen and oxygen atoms in total. The number of benzene rings is 3. The Morgan fingerprint density at radius 2 is 1.38 bits per heavy atom. The minimum atomic E-state index is 0.0299. The molecule has 3 aromatic rings. The van der Waals surface area contributed by atoms with Crippen molar-refractivity contribution in [3.63, 3.8) is 0 Å². The summed E-state index contributed by atoms with van der Waals surface area (Å²) in [6.07, 6.45) is 0.321. The highest BCUT2D eigenvalue weighted by atomic mass is 16.1. The van der Waals surface area contributed by atoms with Crippen LogP contribution in [0.15, 0.2) is 78.9 Å². The van der Waals surface area contributed by atoms with Gasteiger partial charge >= 0.3 is 0 Å². The molecule has 0 aliphatic heterocycles. The molecule has 0 amide bonds. The summed E-state index contributed by atoms with van der Waals surface area (Å²) in [5.41, 5.74) is 4.28. The van der Waals surface area contributed by atoms with Crippen LogP contribution in [0.25, 0.3) is 11.1 Å². The number of hydrogen-bond donors (Lipinski definition) is 0. The molecular weight excluding hydrogens is 296 g/mol. The van der Waals surface area contributed by atoms with E-state index in [1.165, 1.54) is 6.92 Å². The van der Waals surface area contributed by atoms with Crippen LogP contribution in [-0.4, -0.2) is 11.6 Å². The van der Waals surface area contributed by atoms with Crippen molar-refractivity contribution in [3.05, 3.63) is 95.6 Å². The molecule has 0 unspecified atom stereocenters. The zero-order valence-electron chi connectivity index (χ0n) is 13.5. The van der Waals surface area contributed by atoms with Crippen LogP contribution in [-0.2, 0) is 6.42 Å². The summed E-state index contributed by atoms with van der Waals surface area (Å²) in [4.78, 5) is 24.1. The number of carbonyl (C=O) groups excluding carboxylic acids is 2. The second-order valence-electron chi connectivity index (χ2n) is 5.76. The van der Waals surface area contributed by atoms with Crippen molar-refractivity contribution in [2.45, 2.75) is 13.3 Å². The molecule has 118 valence electrons. The van der Waals surface area contributed by atoms with E-state index in [-0.39, 0.29) is 11.6 Å². The number of carbonyl (C=O) groups is 2. The molecule has 0 bridgehead atoms. The van der Waals surface area contributed by atoms with E-state index in [1.807, 2.05) is 66.7 Å². The van der Waals surface area contributed by atoms with Crippen molar-refractivity contribution in [2.24, 2.45) is 0 Å². The average Bonchev–Trinajstić information content (AvgIpc) is 2.63. The highest BCUT2D eigenvalue weighted by Gasteiger charge is 2.13. The van der Waals surface area contributed by atoms with Crippen LogP contribution >= 0.6 is 0 Å². The van der Waals surface area contributed by atoms with Gasteiger partial charge in [-0.1, -0.05) is 78.9 Å². The third kappa shape index (κ3) is 3.49. The molecule has 0 spiro atoms. The van der Waals surface area contributed by atoms with Crippen LogP contribution in [0.2, 0.25) is 0 Å². The van der Waals surface area contributed by atoms with E-state index >= 15 is 0 Å². The predicted molar refractivity (Wildman–Crippen MR) is 96.4 cm³/mol. The molecule has 0 aromatic heterocycles. The van der Waals surface area contributed by atoms with Crippen LogP contribution in [0.4, 0.5) is 0 Å². The Morgan fingerprint density at radius 1 is 0.750 bits per heavy atom. The van der Waals surface area contributed by atoms with Gasteiger partial charge in [0, 0.05) is 17.5 Å². The Bertz CT molecular complexity index is 862. The first-order chi connectivity index (χ1) is 11.6. The second kappa shape index (κ2) is 7.05. The van der Waals surface area contributed by atoms with Crippen molar-refractivity contribution in [3.8, 4) is 11.1 Å². The predicted octanol–water partition coefficient (Wildman–Crippen LogP) is 4.98. The fourth-order valence-corrected chi connectivity index (χ4v) is 2.73. The molecule has 0 aliphatic rings. The van der Waals surface area contributed by atoms with E-state index < -0.39 is 0 Å². The van der Waals surface area contributed by atoms with Gasteiger partial charge in [0.15, 0.2) is 11.6 Å². The van der Waals surface area contributed by atoms with Gasteiger partial charge in [0.1, 0.15) is 0 Å². The third-order valence-electron chi connectivity index (χ3n) is 4.04. The fraction of sp³-hybridized carbons (Fsp3) is 0.0909. The summed E-state index contributed by atoms with van der Waals surface area (Å²) < 4.78 is 0. The summed E-state index contributed by atoms with van der Waals surface area (Å²) in [5.74, 6) is 0.104. The molecular formula is C22H18O2. The van der Waals surface area contributed by atoms with E-state index in [0.717, 1.165) is 22.3 Å². The first-order valence-electron chi connectivity index (χ1n) is 7.92. The molecule has 0 fully saturated rings. The van der Waals surface area contributed by atoms with Gasteiger partial charge in [-0.15, -0.1) is 0 Å². The van der Waals surface area contributed by atoms with Gasteiger partial charge in [-0.25, -0.2) is 0 Å². The topological polar surface area (TPSA) is 34.1 Å². The van der Waals surface area contributed by atoms with E-state index in [4.69, 9.17) is 0 Å². The SMILES string of the molecule is CC(=O)c1ccc(CC(=O)c2ccccc2-c2ccccc2)cc1. The van der Waals surface area contributed by atoms with Crippen LogP contribution < -0.4 is 0 Å². The molecule has 0 aliphatic carbocycles. The maximum atomic E-state index is 12.8. The second-order valence-corrected chi connectivity index (χ2v) is 5.76. The number of rotatable bonds is 5. The standard InChI is InChI=1S/C22H18O2/c1-16(23)18-13-11-17(12-14-18)15-22(24)21-10-6-5-9-20(21)19-7-3-2-4-8-19/h2-14H,15H2,1H3. The summed E-state index contributed by atoms with van der Waals surface area (Å²) in [7, 11) is 0. The van der Waals surface area contributed by atoms with Crippen LogP contribution in [0, 0.1) is 0 Å². The Labute approximate surface area is 141 Å². The summed E-state index contributed by atoms with van der Waals surface area (Å²) >= 11 is 0. The average molecular weight is 314 g/mol. The number of Topliss-reactive ketones (excluding diaryl/α,β-unsaturated/α-hetero) is 2. The lowest BCUT2D eigenvalue weighted by molar-refractivity contribution is 0.0991. The van der Waals surface area contributed by atoms with E-state index in [9.17, 15) is 9.59 Å². The lowest BCUT2D eigenvalue weighted by Crippen LogP contribution is -2.05. The Morgan fingerprint density at radius 3 is 2.04 bits per heavy atom. The van der Waals surface area contributed by atoms with Crippen LogP contribution in [0.1, 0.15) is 33.2 Å². The Kier molecular flexibility index (Phi) is 4.66. The van der Waals surface area contributed by atoms with Crippen molar-refractivity contribution >= 4 is 11.6 Å². The molecule has 0 atom stereocenters. The summed E-state index contributed by atoms with van der Waals surface area (Å²) in [6.45, 7) is 1.54. The van der Waals surface area contributed by atoms with E-state index in [0.29, 0.717) is 12.0 Å².